The average molecular weight is 375 g/mol. The molecule has 0 N–H and O–H groups in total. The monoisotopic (exact) mass is 375 g/mol. The zero-order chi connectivity index (χ0) is 19.0. The van der Waals surface area contributed by atoms with Crippen molar-refractivity contribution in [1.29, 1.82) is 0 Å². The SMILES string of the molecule is O=C(C1CCCO1)N1CCC(c2ccccc2)(c2cn3ccccc3n2)CC1. The average Bonchev–Trinajstić information content (AvgIpc) is 3.44. The molecule has 2 aliphatic heterocycles. The Kier molecular flexibility index (Phi) is 4.40. The first-order chi connectivity index (χ1) is 13.8. The first-order valence-electron chi connectivity index (χ1n) is 10.2. The van der Waals surface area contributed by atoms with Crippen molar-refractivity contribution in [2.24, 2.45) is 0 Å². The van der Waals surface area contributed by atoms with Gasteiger partial charge in [0.2, 0.25) is 0 Å². The molecule has 28 heavy (non-hydrogen) atoms. The van der Waals surface area contributed by atoms with Crippen molar-refractivity contribution in [1.82, 2.24) is 14.3 Å². The zero-order valence-electron chi connectivity index (χ0n) is 16.0. The van der Waals surface area contributed by atoms with Crippen LogP contribution in [0.15, 0.2) is 60.9 Å². The van der Waals surface area contributed by atoms with Gasteiger partial charge < -0.3 is 14.0 Å². The molecule has 0 bridgehead atoms. The molecular formula is C23H25N3O2. The van der Waals surface area contributed by atoms with E-state index in [9.17, 15) is 4.79 Å². The number of likely N-dealkylation sites (tertiary alicyclic amines) is 1. The molecule has 1 unspecified atom stereocenters. The van der Waals surface area contributed by atoms with E-state index in [-0.39, 0.29) is 17.4 Å². The van der Waals surface area contributed by atoms with Crippen molar-refractivity contribution in [2.45, 2.75) is 37.2 Å². The number of nitrogens with zero attached hydrogens (tertiary/aromatic N) is 3. The zero-order valence-corrected chi connectivity index (χ0v) is 16.0. The van der Waals surface area contributed by atoms with Crippen LogP contribution in [0.1, 0.15) is 36.9 Å². The largest absolute Gasteiger partial charge is 0.368 e. The highest BCUT2D eigenvalue weighted by Crippen LogP contribution is 2.41. The number of rotatable bonds is 3. The van der Waals surface area contributed by atoms with Gasteiger partial charge in [0.25, 0.3) is 5.91 Å². The van der Waals surface area contributed by atoms with Crippen LogP contribution in [-0.2, 0) is 14.9 Å². The first kappa shape index (κ1) is 17.4. The Morgan fingerprint density at radius 2 is 1.86 bits per heavy atom. The van der Waals surface area contributed by atoms with E-state index in [0.29, 0.717) is 6.61 Å². The second-order valence-corrected chi connectivity index (χ2v) is 7.87. The fourth-order valence-electron chi connectivity index (χ4n) is 4.70. The molecule has 0 saturated carbocycles. The van der Waals surface area contributed by atoms with Crippen molar-refractivity contribution < 1.29 is 9.53 Å². The standard InChI is InChI=1S/C23H25N3O2/c27-22(19-9-6-16-28-19)25-14-11-23(12-15-25,18-7-2-1-3-8-18)20-17-26-13-5-4-10-21(26)24-20/h1-5,7-8,10,13,17,19H,6,9,11-12,14-16H2. The Morgan fingerprint density at radius 1 is 1.07 bits per heavy atom. The van der Waals surface area contributed by atoms with E-state index in [1.807, 2.05) is 29.3 Å². The molecule has 5 rings (SSSR count). The van der Waals surface area contributed by atoms with Gasteiger partial charge in [-0.05, 0) is 43.4 Å². The molecule has 1 aromatic carbocycles. The number of hydrogen-bond donors (Lipinski definition) is 0. The lowest BCUT2D eigenvalue weighted by Gasteiger charge is -2.42. The van der Waals surface area contributed by atoms with Crippen LogP contribution in [0.3, 0.4) is 0 Å². The molecule has 1 atom stereocenters. The van der Waals surface area contributed by atoms with Crippen LogP contribution in [0.2, 0.25) is 0 Å². The molecule has 0 spiro atoms. The first-order valence-corrected chi connectivity index (χ1v) is 10.2. The Hall–Kier alpha value is -2.66. The van der Waals surface area contributed by atoms with Crippen molar-refractivity contribution in [3.63, 3.8) is 0 Å². The van der Waals surface area contributed by atoms with Gasteiger partial charge in [0, 0.05) is 37.5 Å². The van der Waals surface area contributed by atoms with Gasteiger partial charge >= 0.3 is 0 Å². The molecule has 3 aromatic rings. The number of imidazole rings is 1. The van der Waals surface area contributed by atoms with Gasteiger partial charge in [0.05, 0.1) is 5.69 Å². The Bertz CT molecular complexity index is 935. The maximum Gasteiger partial charge on any atom is 0.251 e. The number of aromatic nitrogens is 2. The number of benzene rings is 1. The van der Waals surface area contributed by atoms with E-state index in [1.165, 1.54) is 5.56 Å². The highest BCUT2D eigenvalue weighted by Gasteiger charge is 2.42. The van der Waals surface area contributed by atoms with Crippen LogP contribution < -0.4 is 0 Å². The molecule has 0 radical (unpaired) electrons. The minimum atomic E-state index is -0.237. The van der Waals surface area contributed by atoms with Gasteiger partial charge in [-0.2, -0.15) is 0 Å². The van der Waals surface area contributed by atoms with Gasteiger partial charge in [-0.3, -0.25) is 4.79 Å². The molecule has 5 nitrogen and oxygen atoms in total. The van der Waals surface area contributed by atoms with Crippen LogP contribution in [0.4, 0.5) is 0 Å². The summed E-state index contributed by atoms with van der Waals surface area (Å²) in [4.78, 5) is 19.8. The summed E-state index contributed by atoms with van der Waals surface area (Å²) >= 11 is 0. The van der Waals surface area contributed by atoms with E-state index in [4.69, 9.17) is 9.72 Å². The molecule has 0 aliphatic carbocycles. The third-order valence-electron chi connectivity index (χ3n) is 6.31. The molecule has 2 saturated heterocycles. The lowest BCUT2D eigenvalue weighted by Crippen LogP contribution is -2.48. The van der Waals surface area contributed by atoms with E-state index >= 15 is 0 Å². The van der Waals surface area contributed by atoms with Gasteiger partial charge in [-0.15, -0.1) is 0 Å². The van der Waals surface area contributed by atoms with Crippen molar-refractivity contribution >= 4 is 11.6 Å². The fraction of sp³-hybridized carbons (Fsp3) is 0.391. The van der Waals surface area contributed by atoms with E-state index in [1.54, 1.807) is 0 Å². The van der Waals surface area contributed by atoms with Crippen LogP contribution in [-0.4, -0.2) is 46.0 Å². The molecule has 2 aliphatic rings. The number of amides is 1. The predicted molar refractivity (Wildman–Crippen MR) is 107 cm³/mol. The maximum absolute atomic E-state index is 12.8. The summed E-state index contributed by atoms with van der Waals surface area (Å²) in [7, 11) is 0. The summed E-state index contributed by atoms with van der Waals surface area (Å²) in [6.07, 6.45) is 7.55. The van der Waals surface area contributed by atoms with Gasteiger partial charge in [-0.25, -0.2) is 4.98 Å². The number of fused-ring (bicyclic) bond motifs is 1. The number of ether oxygens (including phenoxy) is 1. The molecule has 4 heterocycles. The summed E-state index contributed by atoms with van der Waals surface area (Å²) in [6.45, 7) is 2.18. The second-order valence-electron chi connectivity index (χ2n) is 7.87. The smallest absolute Gasteiger partial charge is 0.251 e. The van der Waals surface area contributed by atoms with Gasteiger partial charge in [0.1, 0.15) is 11.8 Å². The van der Waals surface area contributed by atoms with E-state index in [2.05, 4.69) is 40.9 Å². The molecule has 2 aromatic heterocycles. The third kappa shape index (κ3) is 2.90. The number of pyridine rings is 1. The Labute approximate surface area is 164 Å². The number of carbonyl (C=O) groups excluding carboxylic acids is 1. The third-order valence-corrected chi connectivity index (χ3v) is 6.31. The summed E-state index contributed by atoms with van der Waals surface area (Å²) < 4.78 is 7.71. The van der Waals surface area contributed by atoms with Crippen LogP contribution >= 0.6 is 0 Å². The Balaban J connectivity index is 1.48. The predicted octanol–water partition coefficient (Wildman–Crippen LogP) is 3.42. The van der Waals surface area contributed by atoms with Crippen LogP contribution in [0.5, 0.6) is 0 Å². The topological polar surface area (TPSA) is 46.8 Å². The Morgan fingerprint density at radius 3 is 2.57 bits per heavy atom. The molecule has 1 amide bonds. The van der Waals surface area contributed by atoms with Gasteiger partial charge in [-0.1, -0.05) is 36.4 Å². The minimum absolute atomic E-state index is 0.161. The second kappa shape index (κ2) is 7.06. The van der Waals surface area contributed by atoms with E-state index in [0.717, 1.165) is 50.1 Å². The molecule has 144 valence electrons. The lowest BCUT2D eigenvalue weighted by molar-refractivity contribution is -0.142. The maximum atomic E-state index is 12.8. The molecule has 2 fully saturated rings. The lowest BCUT2D eigenvalue weighted by atomic mass is 9.70. The van der Waals surface area contributed by atoms with E-state index < -0.39 is 0 Å². The molecular weight excluding hydrogens is 350 g/mol. The summed E-state index contributed by atoms with van der Waals surface area (Å²) in [5.74, 6) is 0.161. The summed E-state index contributed by atoms with van der Waals surface area (Å²) in [5, 5.41) is 0. The number of carbonyl (C=O) groups is 1. The number of piperidine rings is 1. The van der Waals surface area contributed by atoms with Crippen LogP contribution in [0.25, 0.3) is 5.65 Å². The highest BCUT2D eigenvalue weighted by molar-refractivity contribution is 5.81. The highest BCUT2D eigenvalue weighted by atomic mass is 16.5. The quantitative estimate of drug-likeness (QED) is 0.705. The minimum Gasteiger partial charge on any atom is -0.368 e. The number of hydrogen-bond acceptors (Lipinski definition) is 3. The van der Waals surface area contributed by atoms with Crippen molar-refractivity contribution in [3.05, 3.63) is 72.2 Å². The normalized spacial score (nSPS) is 21.9. The van der Waals surface area contributed by atoms with Gasteiger partial charge in [0.15, 0.2) is 0 Å². The summed E-state index contributed by atoms with van der Waals surface area (Å²) in [5.41, 5.74) is 3.17. The van der Waals surface area contributed by atoms with Crippen molar-refractivity contribution in [2.75, 3.05) is 19.7 Å². The van der Waals surface area contributed by atoms with Crippen LogP contribution in [0, 0.1) is 0 Å². The van der Waals surface area contributed by atoms with Crippen molar-refractivity contribution in [3.8, 4) is 0 Å². The molecule has 5 heteroatoms. The summed E-state index contributed by atoms with van der Waals surface area (Å²) in [6, 6.07) is 16.7. The fourth-order valence-corrected chi connectivity index (χ4v) is 4.70.